The summed E-state index contributed by atoms with van der Waals surface area (Å²) in [4.78, 5) is 15.9. The molecule has 4 rings (SSSR count). The molecule has 0 atom stereocenters. The van der Waals surface area contributed by atoms with Gasteiger partial charge >= 0.3 is 0 Å². The number of nitrogens with one attached hydrogen (secondary N) is 2. The Kier molecular flexibility index (Phi) is 5.11. The summed E-state index contributed by atoms with van der Waals surface area (Å²) in [5.41, 5.74) is 6.48. The van der Waals surface area contributed by atoms with E-state index in [4.69, 9.17) is 0 Å². The number of rotatable bonds is 4. The Morgan fingerprint density at radius 3 is 2.64 bits per heavy atom. The van der Waals surface area contributed by atoms with Crippen LogP contribution in [0.2, 0.25) is 0 Å². The van der Waals surface area contributed by atoms with Gasteiger partial charge in [-0.25, -0.2) is 4.68 Å². The number of H-pyrrole nitrogens is 1. The predicted molar refractivity (Wildman–Crippen MR) is 115 cm³/mol. The third kappa shape index (κ3) is 3.28. The van der Waals surface area contributed by atoms with Crippen molar-refractivity contribution in [3.8, 4) is 11.4 Å². The van der Waals surface area contributed by atoms with Crippen LogP contribution in [0.5, 0.6) is 0 Å². The molecule has 1 aliphatic heterocycles. The summed E-state index contributed by atoms with van der Waals surface area (Å²) in [5.74, 6) is 0.988. The van der Waals surface area contributed by atoms with E-state index in [0.29, 0.717) is 18.4 Å². The quantitative estimate of drug-likeness (QED) is 0.711. The van der Waals surface area contributed by atoms with Crippen LogP contribution in [0, 0.1) is 6.92 Å². The first-order valence-corrected chi connectivity index (χ1v) is 10.4. The molecule has 0 radical (unpaired) electrons. The first-order chi connectivity index (χ1) is 13.5. The van der Waals surface area contributed by atoms with Crippen molar-refractivity contribution in [3.63, 3.8) is 0 Å². The second kappa shape index (κ2) is 7.55. The van der Waals surface area contributed by atoms with Gasteiger partial charge in [-0.15, -0.1) is 0 Å². The van der Waals surface area contributed by atoms with Gasteiger partial charge in [-0.05, 0) is 80.9 Å². The molecule has 1 saturated heterocycles. The van der Waals surface area contributed by atoms with Crippen molar-refractivity contribution in [1.29, 1.82) is 0 Å². The van der Waals surface area contributed by atoms with E-state index in [1.807, 2.05) is 19.9 Å². The van der Waals surface area contributed by atoms with Crippen molar-refractivity contribution in [1.82, 2.24) is 20.1 Å². The zero-order chi connectivity index (χ0) is 19.8. The highest BCUT2D eigenvalue weighted by atomic mass is 16.1. The fourth-order valence-corrected chi connectivity index (χ4v) is 4.45. The first-order valence-electron chi connectivity index (χ1n) is 10.4. The molecule has 148 valence electrons. The summed E-state index contributed by atoms with van der Waals surface area (Å²) in [6.45, 7) is 11.0. The molecule has 5 heteroatoms. The van der Waals surface area contributed by atoms with Crippen LogP contribution in [-0.4, -0.2) is 27.9 Å². The number of fused-ring (bicyclic) bond motifs is 1. The Balaban J connectivity index is 1.88. The van der Waals surface area contributed by atoms with Crippen molar-refractivity contribution in [2.24, 2.45) is 0 Å². The lowest BCUT2D eigenvalue weighted by Crippen LogP contribution is -2.26. The van der Waals surface area contributed by atoms with Gasteiger partial charge in [0.2, 0.25) is 0 Å². The average molecular weight is 379 g/mol. The molecule has 5 nitrogen and oxygen atoms in total. The minimum atomic E-state index is -0.0124. The lowest BCUT2D eigenvalue weighted by molar-refractivity contribution is 0.460. The van der Waals surface area contributed by atoms with Crippen LogP contribution in [0.3, 0.4) is 0 Å². The Labute approximate surface area is 166 Å². The van der Waals surface area contributed by atoms with Gasteiger partial charge < -0.3 is 10.3 Å². The van der Waals surface area contributed by atoms with Gasteiger partial charge in [0.15, 0.2) is 0 Å². The van der Waals surface area contributed by atoms with Gasteiger partial charge in [0.05, 0.1) is 5.69 Å². The van der Waals surface area contributed by atoms with Crippen LogP contribution < -0.4 is 10.9 Å². The third-order valence-corrected chi connectivity index (χ3v) is 5.96. The number of hydrogen-bond acceptors (Lipinski definition) is 3. The van der Waals surface area contributed by atoms with Crippen LogP contribution in [0.1, 0.15) is 62.1 Å². The topological polar surface area (TPSA) is 62.7 Å². The molecule has 0 spiro atoms. The summed E-state index contributed by atoms with van der Waals surface area (Å²) in [7, 11) is 0. The van der Waals surface area contributed by atoms with Gasteiger partial charge in [0.1, 0.15) is 5.69 Å². The molecule has 0 amide bonds. The SMILES string of the molecule is CCn1nc(-c2[nH]c3ccc(C4CCNCC4)cc3c2C(C)C)cc(C)c1=O. The molecule has 1 aliphatic rings. The Bertz CT molecular complexity index is 1050. The zero-order valence-electron chi connectivity index (χ0n) is 17.3. The Morgan fingerprint density at radius 1 is 1.21 bits per heavy atom. The third-order valence-electron chi connectivity index (χ3n) is 5.96. The molecule has 0 saturated carbocycles. The van der Waals surface area contributed by atoms with Crippen LogP contribution >= 0.6 is 0 Å². The maximum Gasteiger partial charge on any atom is 0.269 e. The molecule has 1 fully saturated rings. The van der Waals surface area contributed by atoms with Gasteiger partial charge in [0.25, 0.3) is 5.56 Å². The average Bonchev–Trinajstić information content (AvgIpc) is 3.09. The number of piperidine rings is 1. The number of aromatic nitrogens is 3. The number of aromatic amines is 1. The van der Waals surface area contributed by atoms with Crippen molar-refractivity contribution >= 4 is 10.9 Å². The fourth-order valence-electron chi connectivity index (χ4n) is 4.45. The zero-order valence-corrected chi connectivity index (χ0v) is 17.3. The molecule has 3 aromatic rings. The van der Waals surface area contributed by atoms with Crippen LogP contribution in [0.4, 0.5) is 0 Å². The molecular formula is C23H30N4O. The number of hydrogen-bond donors (Lipinski definition) is 2. The normalized spacial score (nSPS) is 15.6. The fraction of sp³-hybridized carbons (Fsp3) is 0.478. The maximum absolute atomic E-state index is 12.3. The van der Waals surface area contributed by atoms with Gasteiger partial charge in [-0.1, -0.05) is 19.9 Å². The Hall–Kier alpha value is -2.40. The van der Waals surface area contributed by atoms with E-state index in [0.717, 1.165) is 35.6 Å². The van der Waals surface area contributed by atoms with Crippen molar-refractivity contribution in [2.75, 3.05) is 13.1 Å². The van der Waals surface area contributed by atoms with Gasteiger partial charge in [0, 0.05) is 23.0 Å². The maximum atomic E-state index is 12.3. The number of nitrogens with zero attached hydrogens (tertiary/aromatic N) is 2. The predicted octanol–water partition coefficient (Wildman–Crippen LogP) is 4.31. The summed E-state index contributed by atoms with van der Waals surface area (Å²) in [6, 6.07) is 8.78. The summed E-state index contributed by atoms with van der Waals surface area (Å²) < 4.78 is 1.56. The lowest BCUT2D eigenvalue weighted by atomic mass is 9.88. The minimum absolute atomic E-state index is 0.0124. The van der Waals surface area contributed by atoms with Gasteiger partial charge in [-0.2, -0.15) is 5.10 Å². The van der Waals surface area contributed by atoms with Crippen LogP contribution in [0.25, 0.3) is 22.3 Å². The molecule has 28 heavy (non-hydrogen) atoms. The smallest absolute Gasteiger partial charge is 0.269 e. The summed E-state index contributed by atoms with van der Waals surface area (Å²) in [6.07, 6.45) is 2.39. The van der Waals surface area contributed by atoms with Crippen molar-refractivity contribution in [2.45, 2.75) is 58.9 Å². The van der Waals surface area contributed by atoms with Crippen molar-refractivity contribution in [3.05, 3.63) is 51.3 Å². The summed E-state index contributed by atoms with van der Waals surface area (Å²) >= 11 is 0. The monoisotopic (exact) mass is 378 g/mol. The molecule has 3 heterocycles. The largest absolute Gasteiger partial charge is 0.353 e. The van der Waals surface area contributed by atoms with Crippen molar-refractivity contribution < 1.29 is 0 Å². The van der Waals surface area contributed by atoms with E-state index in [1.54, 1.807) is 4.68 Å². The van der Waals surface area contributed by atoms with Crippen LogP contribution in [-0.2, 0) is 6.54 Å². The molecule has 0 unspecified atom stereocenters. The lowest BCUT2D eigenvalue weighted by Gasteiger charge is -2.23. The van der Waals surface area contributed by atoms with E-state index in [1.165, 1.54) is 29.4 Å². The number of benzene rings is 1. The molecule has 2 N–H and O–H groups in total. The van der Waals surface area contributed by atoms with E-state index in [-0.39, 0.29) is 5.56 Å². The second-order valence-corrected chi connectivity index (χ2v) is 8.23. The molecule has 2 aromatic heterocycles. The highest BCUT2D eigenvalue weighted by molar-refractivity contribution is 5.91. The molecule has 0 bridgehead atoms. The van der Waals surface area contributed by atoms with Gasteiger partial charge in [-0.3, -0.25) is 4.79 Å². The van der Waals surface area contributed by atoms with E-state index in [9.17, 15) is 4.79 Å². The standard InChI is InChI=1S/C23H30N4O/c1-5-27-23(28)15(4)12-20(26-27)22-21(14(2)3)18-13-17(6-7-19(18)25-22)16-8-10-24-11-9-16/h6-7,12-14,16,24-25H,5,8-11H2,1-4H3. The highest BCUT2D eigenvalue weighted by Crippen LogP contribution is 2.37. The van der Waals surface area contributed by atoms with E-state index in [2.05, 4.69) is 47.4 Å². The minimum Gasteiger partial charge on any atom is -0.353 e. The highest BCUT2D eigenvalue weighted by Gasteiger charge is 2.21. The van der Waals surface area contributed by atoms with E-state index >= 15 is 0 Å². The first kappa shape index (κ1) is 18.9. The second-order valence-electron chi connectivity index (χ2n) is 8.23. The van der Waals surface area contributed by atoms with E-state index < -0.39 is 0 Å². The van der Waals surface area contributed by atoms with Crippen LogP contribution in [0.15, 0.2) is 29.1 Å². The summed E-state index contributed by atoms with van der Waals surface area (Å²) in [5, 5.41) is 9.38. The molecule has 0 aliphatic carbocycles. The number of aryl methyl sites for hydroxylation is 2. The molecule has 1 aromatic carbocycles. The Morgan fingerprint density at radius 2 is 1.96 bits per heavy atom. The molecular weight excluding hydrogens is 348 g/mol.